The van der Waals surface area contributed by atoms with Gasteiger partial charge < -0.3 is 9.73 Å². The molecule has 0 aliphatic rings. The van der Waals surface area contributed by atoms with Gasteiger partial charge >= 0.3 is 0 Å². The standard InChI is InChI=1S/C14H17NO/c1-11-6-3-4-7-12(11)10-13(15-2)14-8-5-9-16-14/h3-9,13,15H,10H2,1-2H3/t13-/m1/s1. The van der Waals surface area contributed by atoms with Gasteiger partial charge in [0.15, 0.2) is 0 Å². The van der Waals surface area contributed by atoms with E-state index in [1.54, 1.807) is 6.26 Å². The predicted octanol–water partition coefficient (Wildman–Crippen LogP) is 3.09. The van der Waals surface area contributed by atoms with Gasteiger partial charge in [0.05, 0.1) is 12.3 Å². The van der Waals surface area contributed by atoms with Gasteiger partial charge in [0, 0.05) is 0 Å². The molecule has 84 valence electrons. The molecular weight excluding hydrogens is 198 g/mol. The van der Waals surface area contributed by atoms with Crippen LogP contribution in [0.5, 0.6) is 0 Å². The lowest BCUT2D eigenvalue weighted by atomic mass is 10.00. The van der Waals surface area contributed by atoms with Crippen molar-refractivity contribution in [1.82, 2.24) is 5.32 Å². The molecule has 2 nitrogen and oxygen atoms in total. The first-order valence-corrected chi connectivity index (χ1v) is 5.56. The molecule has 2 aromatic rings. The topological polar surface area (TPSA) is 25.2 Å². The quantitative estimate of drug-likeness (QED) is 0.847. The Labute approximate surface area is 96.3 Å². The maximum atomic E-state index is 5.44. The van der Waals surface area contributed by atoms with Crippen molar-refractivity contribution in [1.29, 1.82) is 0 Å². The molecule has 2 heteroatoms. The van der Waals surface area contributed by atoms with E-state index in [1.165, 1.54) is 11.1 Å². The molecule has 0 spiro atoms. The smallest absolute Gasteiger partial charge is 0.121 e. The van der Waals surface area contributed by atoms with E-state index in [0.29, 0.717) is 0 Å². The number of hydrogen-bond donors (Lipinski definition) is 1. The Morgan fingerprint density at radius 1 is 1.19 bits per heavy atom. The van der Waals surface area contributed by atoms with E-state index in [0.717, 1.165) is 12.2 Å². The van der Waals surface area contributed by atoms with Crippen molar-refractivity contribution in [3.8, 4) is 0 Å². The third kappa shape index (κ3) is 2.34. The lowest BCUT2D eigenvalue weighted by Crippen LogP contribution is -2.18. The summed E-state index contributed by atoms with van der Waals surface area (Å²) in [4.78, 5) is 0. The number of rotatable bonds is 4. The van der Waals surface area contributed by atoms with Crippen molar-refractivity contribution >= 4 is 0 Å². The molecule has 1 atom stereocenters. The van der Waals surface area contributed by atoms with Crippen LogP contribution >= 0.6 is 0 Å². The number of furan rings is 1. The highest BCUT2D eigenvalue weighted by Gasteiger charge is 2.13. The monoisotopic (exact) mass is 215 g/mol. The number of benzene rings is 1. The highest BCUT2D eigenvalue weighted by atomic mass is 16.3. The second-order valence-corrected chi connectivity index (χ2v) is 3.99. The Morgan fingerprint density at radius 2 is 2.00 bits per heavy atom. The SMILES string of the molecule is CN[C@H](Cc1ccccc1C)c1ccco1. The minimum atomic E-state index is 0.246. The van der Waals surface area contributed by atoms with Gasteiger partial charge in [0.2, 0.25) is 0 Å². The highest BCUT2D eigenvalue weighted by Crippen LogP contribution is 2.20. The molecule has 0 aliphatic heterocycles. The number of aryl methyl sites for hydroxylation is 1. The average molecular weight is 215 g/mol. The third-order valence-electron chi connectivity index (χ3n) is 2.92. The Kier molecular flexibility index (Phi) is 3.42. The molecule has 0 radical (unpaired) electrons. The summed E-state index contributed by atoms with van der Waals surface area (Å²) in [6.45, 7) is 2.14. The van der Waals surface area contributed by atoms with Crippen LogP contribution in [0.15, 0.2) is 47.1 Å². The second kappa shape index (κ2) is 4.99. The van der Waals surface area contributed by atoms with Crippen LogP contribution < -0.4 is 5.32 Å². The summed E-state index contributed by atoms with van der Waals surface area (Å²) in [5, 5.41) is 3.29. The Hall–Kier alpha value is -1.54. The van der Waals surface area contributed by atoms with Gasteiger partial charge in [-0.2, -0.15) is 0 Å². The predicted molar refractivity (Wildman–Crippen MR) is 65.4 cm³/mol. The molecule has 1 aromatic heterocycles. The number of likely N-dealkylation sites (N-methyl/N-ethyl adjacent to an activating group) is 1. The summed E-state index contributed by atoms with van der Waals surface area (Å²) < 4.78 is 5.44. The first kappa shape index (κ1) is 11.0. The maximum Gasteiger partial charge on any atom is 0.121 e. The summed E-state index contributed by atoms with van der Waals surface area (Å²) in [6, 6.07) is 12.7. The highest BCUT2D eigenvalue weighted by molar-refractivity contribution is 5.27. The normalized spacial score (nSPS) is 12.6. The minimum absolute atomic E-state index is 0.246. The van der Waals surface area contributed by atoms with E-state index in [9.17, 15) is 0 Å². The van der Waals surface area contributed by atoms with E-state index in [4.69, 9.17) is 4.42 Å². The molecule has 0 saturated heterocycles. The summed E-state index contributed by atoms with van der Waals surface area (Å²) in [7, 11) is 1.96. The van der Waals surface area contributed by atoms with Crippen LogP contribution in [0.4, 0.5) is 0 Å². The van der Waals surface area contributed by atoms with Gasteiger partial charge in [-0.3, -0.25) is 0 Å². The zero-order valence-electron chi connectivity index (χ0n) is 9.73. The van der Waals surface area contributed by atoms with E-state index >= 15 is 0 Å². The summed E-state index contributed by atoms with van der Waals surface area (Å²) >= 11 is 0. The Balaban J connectivity index is 2.17. The van der Waals surface area contributed by atoms with Crippen molar-refractivity contribution in [3.05, 3.63) is 59.5 Å². The third-order valence-corrected chi connectivity index (χ3v) is 2.92. The molecule has 1 N–H and O–H groups in total. The fourth-order valence-electron chi connectivity index (χ4n) is 1.89. The van der Waals surface area contributed by atoms with Gasteiger partial charge in [-0.15, -0.1) is 0 Å². The first-order chi connectivity index (χ1) is 7.81. The molecule has 0 fully saturated rings. The lowest BCUT2D eigenvalue weighted by molar-refractivity contribution is 0.429. The molecule has 16 heavy (non-hydrogen) atoms. The molecule has 1 heterocycles. The van der Waals surface area contributed by atoms with Crippen LogP contribution in [0.2, 0.25) is 0 Å². The largest absolute Gasteiger partial charge is 0.468 e. The van der Waals surface area contributed by atoms with Crippen LogP contribution in [0.1, 0.15) is 22.9 Å². The van der Waals surface area contributed by atoms with Crippen molar-refractivity contribution in [2.24, 2.45) is 0 Å². The molecule has 2 rings (SSSR count). The molecule has 0 amide bonds. The van der Waals surface area contributed by atoms with Gasteiger partial charge in [-0.1, -0.05) is 24.3 Å². The van der Waals surface area contributed by atoms with Gasteiger partial charge in [-0.25, -0.2) is 0 Å². The van der Waals surface area contributed by atoms with Gasteiger partial charge in [-0.05, 0) is 43.7 Å². The van der Waals surface area contributed by atoms with Gasteiger partial charge in [0.25, 0.3) is 0 Å². The van der Waals surface area contributed by atoms with Crippen LogP contribution in [-0.4, -0.2) is 7.05 Å². The zero-order chi connectivity index (χ0) is 11.4. The maximum absolute atomic E-state index is 5.44. The Bertz CT molecular complexity index is 434. The molecule has 0 aliphatic carbocycles. The van der Waals surface area contributed by atoms with Crippen LogP contribution in [0.3, 0.4) is 0 Å². The van der Waals surface area contributed by atoms with Crippen LogP contribution in [0.25, 0.3) is 0 Å². The molecule has 1 aromatic carbocycles. The van der Waals surface area contributed by atoms with Crippen LogP contribution in [-0.2, 0) is 6.42 Å². The fourth-order valence-corrected chi connectivity index (χ4v) is 1.89. The summed E-state index contributed by atoms with van der Waals surface area (Å²) in [6.07, 6.45) is 2.67. The first-order valence-electron chi connectivity index (χ1n) is 5.56. The van der Waals surface area contributed by atoms with E-state index in [-0.39, 0.29) is 6.04 Å². The fraction of sp³-hybridized carbons (Fsp3) is 0.286. The van der Waals surface area contributed by atoms with Gasteiger partial charge in [0.1, 0.15) is 5.76 Å². The van der Waals surface area contributed by atoms with Crippen LogP contribution in [0, 0.1) is 6.92 Å². The van der Waals surface area contributed by atoms with E-state index in [2.05, 4.69) is 36.5 Å². The minimum Gasteiger partial charge on any atom is -0.468 e. The van der Waals surface area contributed by atoms with Crippen molar-refractivity contribution < 1.29 is 4.42 Å². The molecule has 0 saturated carbocycles. The zero-order valence-corrected chi connectivity index (χ0v) is 9.73. The lowest BCUT2D eigenvalue weighted by Gasteiger charge is -2.15. The van der Waals surface area contributed by atoms with Crippen molar-refractivity contribution in [3.63, 3.8) is 0 Å². The van der Waals surface area contributed by atoms with E-state index < -0.39 is 0 Å². The number of nitrogens with one attached hydrogen (secondary N) is 1. The van der Waals surface area contributed by atoms with E-state index in [1.807, 2.05) is 19.2 Å². The average Bonchev–Trinajstić information content (AvgIpc) is 2.81. The number of hydrogen-bond acceptors (Lipinski definition) is 2. The summed E-state index contributed by atoms with van der Waals surface area (Å²) in [5.74, 6) is 0.991. The van der Waals surface area contributed by atoms with Crippen molar-refractivity contribution in [2.75, 3.05) is 7.05 Å². The molecule has 0 bridgehead atoms. The second-order valence-electron chi connectivity index (χ2n) is 3.99. The summed E-state index contributed by atoms with van der Waals surface area (Å²) in [5.41, 5.74) is 2.69. The molecule has 0 unspecified atom stereocenters. The van der Waals surface area contributed by atoms with Crippen molar-refractivity contribution in [2.45, 2.75) is 19.4 Å². The Morgan fingerprint density at radius 3 is 2.62 bits per heavy atom. The molecular formula is C14H17NO.